The Bertz CT molecular complexity index is 804. The third kappa shape index (κ3) is 4.20. The van der Waals surface area contributed by atoms with E-state index in [0.717, 1.165) is 10.4 Å². The molecule has 8 heteroatoms. The Hall–Kier alpha value is -2.12. The molecule has 1 N–H and O–H groups in total. The van der Waals surface area contributed by atoms with E-state index in [1.165, 1.54) is 23.5 Å². The molecular formula is C15H14ClFN4OS. The molecule has 0 bridgehead atoms. The van der Waals surface area contributed by atoms with Gasteiger partial charge in [0.05, 0.1) is 18.4 Å². The average molecular weight is 353 g/mol. The van der Waals surface area contributed by atoms with Crippen LogP contribution in [0.3, 0.4) is 0 Å². The Morgan fingerprint density at radius 3 is 2.96 bits per heavy atom. The Morgan fingerprint density at radius 2 is 2.26 bits per heavy atom. The summed E-state index contributed by atoms with van der Waals surface area (Å²) in [6.07, 6.45) is 5.29. The Balaban J connectivity index is 1.69. The van der Waals surface area contributed by atoms with Gasteiger partial charge in [-0.25, -0.2) is 9.37 Å². The van der Waals surface area contributed by atoms with E-state index in [4.69, 9.17) is 16.3 Å². The summed E-state index contributed by atoms with van der Waals surface area (Å²) in [5.41, 5.74) is 1.52. The molecule has 5 nitrogen and oxygen atoms in total. The molecule has 3 rings (SSSR count). The molecule has 23 heavy (non-hydrogen) atoms. The lowest BCUT2D eigenvalue weighted by atomic mass is 10.2. The number of rotatable bonds is 6. The zero-order valence-electron chi connectivity index (χ0n) is 12.3. The van der Waals surface area contributed by atoms with Crippen LogP contribution in [0.25, 0.3) is 0 Å². The van der Waals surface area contributed by atoms with Gasteiger partial charge in [-0.3, -0.25) is 4.68 Å². The molecular weight excluding hydrogens is 339 g/mol. The van der Waals surface area contributed by atoms with E-state index in [9.17, 15) is 4.39 Å². The van der Waals surface area contributed by atoms with Crippen molar-refractivity contribution in [3.63, 3.8) is 0 Å². The standard InChI is InChI=1S/C15H14ClFN4OS/c1-21-8-10(5-20-21)9-22-14-3-2-11(17)4-13(14)18-6-12-7-19-15(16)23-12/h2-5,7-8,18H,6,9H2,1H3. The average Bonchev–Trinajstić information content (AvgIpc) is 3.12. The Kier molecular flexibility index (Phi) is 4.78. The fraction of sp³-hybridized carbons (Fsp3) is 0.200. The molecule has 2 heterocycles. The van der Waals surface area contributed by atoms with Crippen LogP contribution >= 0.6 is 22.9 Å². The summed E-state index contributed by atoms with van der Waals surface area (Å²) in [6.45, 7) is 0.859. The van der Waals surface area contributed by atoms with Crippen molar-refractivity contribution >= 4 is 28.6 Å². The van der Waals surface area contributed by atoms with Crippen molar-refractivity contribution in [2.45, 2.75) is 13.2 Å². The van der Waals surface area contributed by atoms with Crippen molar-refractivity contribution in [2.24, 2.45) is 7.05 Å². The number of aryl methyl sites for hydroxylation is 1. The maximum atomic E-state index is 13.5. The summed E-state index contributed by atoms with van der Waals surface area (Å²) >= 11 is 7.18. The molecule has 0 unspecified atom stereocenters. The fourth-order valence-corrected chi connectivity index (χ4v) is 2.94. The number of hydrogen-bond donors (Lipinski definition) is 1. The van der Waals surface area contributed by atoms with E-state index < -0.39 is 0 Å². The maximum Gasteiger partial charge on any atom is 0.183 e. The third-order valence-corrected chi connectivity index (χ3v) is 4.19. The van der Waals surface area contributed by atoms with Crippen LogP contribution in [0.1, 0.15) is 10.4 Å². The molecule has 1 aromatic carbocycles. The maximum absolute atomic E-state index is 13.5. The van der Waals surface area contributed by atoms with Crippen molar-refractivity contribution in [2.75, 3.05) is 5.32 Å². The first kappa shape index (κ1) is 15.8. The lowest BCUT2D eigenvalue weighted by molar-refractivity contribution is 0.307. The van der Waals surface area contributed by atoms with Crippen LogP contribution in [0.4, 0.5) is 10.1 Å². The van der Waals surface area contributed by atoms with E-state index >= 15 is 0 Å². The fourth-order valence-electron chi connectivity index (χ4n) is 2.02. The number of thiazole rings is 1. The van der Waals surface area contributed by atoms with Crippen molar-refractivity contribution < 1.29 is 9.13 Å². The lowest BCUT2D eigenvalue weighted by Gasteiger charge is -2.12. The van der Waals surface area contributed by atoms with E-state index in [0.29, 0.717) is 29.1 Å². The Labute approximate surface area is 141 Å². The van der Waals surface area contributed by atoms with Gasteiger partial charge in [0, 0.05) is 35.9 Å². The highest BCUT2D eigenvalue weighted by Crippen LogP contribution is 2.28. The number of benzene rings is 1. The summed E-state index contributed by atoms with van der Waals surface area (Å²) in [6, 6.07) is 4.38. The summed E-state index contributed by atoms with van der Waals surface area (Å²) in [4.78, 5) is 4.93. The highest BCUT2D eigenvalue weighted by molar-refractivity contribution is 7.15. The summed E-state index contributed by atoms with van der Waals surface area (Å²) in [5, 5.41) is 7.24. The zero-order chi connectivity index (χ0) is 16.2. The van der Waals surface area contributed by atoms with Gasteiger partial charge in [0.15, 0.2) is 4.47 Å². The Morgan fingerprint density at radius 1 is 1.39 bits per heavy atom. The second-order valence-electron chi connectivity index (χ2n) is 4.88. The SMILES string of the molecule is Cn1cc(COc2ccc(F)cc2NCc2cnc(Cl)s2)cn1. The minimum atomic E-state index is -0.330. The van der Waals surface area contributed by atoms with Crippen molar-refractivity contribution in [1.82, 2.24) is 14.8 Å². The van der Waals surface area contributed by atoms with E-state index in [1.54, 1.807) is 23.1 Å². The van der Waals surface area contributed by atoms with Crippen LogP contribution in [0.15, 0.2) is 36.8 Å². The summed E-state index contributed by atoms with van der Waals surface area (Å²) in [7, 11) is 1.84. The third-order valence-electron chi connectivity index (χ3n) is 3.07. The van der Waals surface area contributed by atoms with Gasteiger partial charge in [-0.2, -0.15) is 5.10 Å². The predicted molar refractivity (Wildman–Crippen MR) is 88.4 cm³/mol. The molecule has 0 amide bonds. The van der Waals surface area contributed by atoms with Gasteiger partial charge in [-0.15, -0.1) is 11.3 Å². The molecule has 0 fully saturated rings. The van der Waals surface area contributed by atoms with Crippen LogP contribution in [0, 0.1) is 5.82 Å². The van der Waals surface area contributed by atoms with Gasteiger partial charge in [0.2, 0.25) is 0 Å². The highest BCUT2D eigenvalue weighted by atomic mass is 35.5. The number of ether oxygens (including phenoxy) is 1. The van der Waals surface area contributed by atoms with Crippen LogP contribution in [0.2, 0.25) is 4.47 Å². The summed E-state index contributed by atoms with van der Waals surface area (Å²) in [5.74, 6) is 0.245. The van der Waals surface area contributed by atoms with Gasteiger partial charge >= 0.3 is 0 Å². The molecule has 0 aliphatic rings. The van der Waals surface area contributed by atoms with E-state index in [1.807, 2.05) is 13.2 Å². The molecule has 0 aliphatic heterocycles. The highest BCUT2D eigenvalue weighted by Gasteiger charge is 2.08. The smallest absolute Gasteiger partial charge is 0.183 e. The first-order chi connectivity index (χ1) is 11.1. The molecule has 3 aromatic rings. The molecule has 0 radical (unpaired) electrons. The lowest BCUT2D eigenvalue weighted by Crippen LogP contribution is -2.02. The van der Waals surface area contributed by atoms with Crippen molar-refractivity contribution in [3.8, 4) is 5.75 Å². The predicted octanol–water partition coefficient (Wildman–Crippen LogP) is 3.86. The molecule has 0 spiro atoms. The molecule has 2 aromatic heterocycles. The van der Waals surface area contributed by atoms with E-state index in [2.05, 4.69) is 15.4 Å². The van der Waals surface area contributed by atoms with Gasteiger partial charge in [0.25, 0.3) is 0 Å². The van der Waals surface area contributed by atoms with Crippen LogP contribution in [-0.2, 0) is 20.2 Å². The van der Waals surface area contributed by atoms with Crippen molar-refractivity contribution in [3.05, 3.63) is 57.5 Å². The molecule has 0 saturated carbocycles. The quantitative estimate of drug-likeness (QED) is 0.732. The van der Waals surface area contributed by atoms with Gasteiger partial charge < -0.3 is 10.1 Å². The largest absolute Gasteiger partial charge is 0.487 e. The number of anilines is 1. The zero-order valence-corrected chi connectivity index (χ0v) is 13.9. The number of nitrogens with zero attached hydrogens (tertiary/aromatic N) is 3. The number of halogens is 2. The number of hydrogen-bond acceptors (Lipinski definition) is 5. The van der Waals surface area contributed by atoms with Gasteiger partial charge in [-0.1, -0.05) is 11.6 Å². The van der Waals surface area contributed by atoms with Crippen LogP contribution in [0.5, 0.6) is 5.75 Å². The summed E-state index contributed by atoms with van der Waals surface area (Å²) < 4.78 is 21.5. The number of nitrogens with one attached hydrogen (secondary N) is 1. The molecule has 0 saturated heterocycles. The normalized spacial score (nSPS) is 10.7. The van der Waals surface area contributed by atoms with Gasteiger partial charge in [0.1, 0.15) is 18.2 Å². The second-order valence-corrected chi connectivity index (χ2v) is 6.58. The van der Waals surface area contributed by atoms with Crippen LogP contribution in [-0.4, -0.2) is 14.8 Å². The topological polar surface area (TPSA) is 52.0 Å². The second kappa shape index (κ2) is 6.97. The van der Waals surface area contributed by atoms with E-state index in [-0.39, 0.29) is 5.82 Å². The van der Waals surface area contributed by atoms with Crippen LogP contribution < -0.4 is 10.1 Å². The minimum Gasteiger partial charge on any atom is -0.487 e. The minimum absolute atomic E-state index is 0.330. The molecule has 0 aliphatic carbocycles. The number of aromatic nitrogens is 3. The first-order valence-electron chi connectivity index (χ1n) is 6.84. The monoisotopic (exact) mass is 352 g/mol. The van der Waals surface area contributed by atoms with Crippen molar-refractivity contribution in [1.29, 1.82) is 0 Å². The first-order valence-corrected chi connectivity index (χ1v) is 8.03. The van der Waals surface area contributed by atoms with Gasteiger partial charge in [-0.05, 0) is 12.1 Å². The molecule has 0 atom stereocenters. The molecule has 120 valence electrons.